The standard InChI is InChI=1S/C14H21NO/c1-11-5-6-14(13(9-11)7-8-15)16-10-12-3-2-4-12/h5-6,9,12H,2-4,7-8,10,15H2,1H3. The molecule has 88 valence electrons. The van der Waals surface area contributed by atoms with Crippen LogP contribution in [0.25, 0.3) is 0 Å². The summed E-state index contributed by atoms with van der Waals surface area (Å²) >= 11 is 0. The normalized spacial score (nSPS) is 15.9. The number of nitrogens with two attached hydrogens (primary N) is 1. The number of ether oxygens (including phenoxy) is 1. The Labute approximate surface area is 97.8 Å². The Kier molecular flexibility index (Phi) is 3.83. The molecule has 2 nitrogen and oxygen atoms in total. The van der Waals surface area contributed by atoms with Crippen molar-refractivity contribution in [2.24, 2.45) is 11.7 Å². The van der Waals surface area contributed by atoms with Crippen LogP contribution in [-0.4, -0.2) is 13.2 Å². The first-order chi connectivity index (χ1) is 7.79. The smallest absolute Gasteiger partial charge is 0.122 e. The monoisotopic (exact) mass is 219 g/mol. The highest BCUT2D eigenvalue weighted by molar-refractivity contribution is 5.37. The Morgan fingerprint density at radius 2 is 2.19 bits per heavy atom. The molecule has 0 bridgehead atoms. The molecule has 0 atom stereocenters. The van der Waals surface area contributed by atoms with Gasteiger partial charge < -0.3 is 10.5 Å². The van der Waals surface area contributed by atoms with Crippen molar-refractivity contribution in [3.63, 3.8) is 0 Å². The molecule has 2 N–H and O–H groups in total. The molecule has 2 rings (SSSR count). The summed E-state index contributed by atoms with van der Waals surface area (Å²) in [5.41, 5.74) is 8.15. The molecule has 1 aliphatic carbocycles. The Bertz CT molecular complexity index is 345. The highest BCUT2D eigenvalue weighted by Crippen LogP contribution is 2.28. The van der Waals surface area contributed by atoms with Crippen molar-refractivity contribution >= 4 is 0 Å². The molecule has 1 saturated carbocycles. The predicted octanol–water partition coefficient (Wildman–Crippen LogP) is 2.68. The van der Waals surface area contributed by atoms with Crippen molar-refractivity contribution in [1.82, 2.24) is 0 Å². The zero-order valence-electron chi connectivity index (χ0n) is 10.0. The van der Waals surface area contributed by atoms with E-state index in [0.29, 0.717) is 6.54 Å². The average Bonchev–Trinajstić information content (AvgIpc) is 2.19. The van der Waals surface area contributed by atoms with Crippen molar-refractivity contribution in [2.75, 3.05) is 13.2 Å². The zero-order chi connectivity index (χ0) is 11.4. The quantitative estimate of drug-likeness (QED) is 0.826. The number of rotatable bonds is 5. The van der Waals surface area contributed by atoms with Crippen LogP contribution >= 0.6 is 0 Å². The Hall–Kier alpha value is -1.02. The lowest BCUT2D eigenvalue weighted by Crippen LogP contribution is -2.19. The van der Waals surface area contributed by atoms with E-state index in [1.165, 1.54) is 30.4 Å². The van der Waals surface area contributed by atoms with E-state index in [0.717, 1.165) is 24.7 Å². The first-order valence-electron chi connectivity index (χ1n) is 6.22. The van der Waals surface area contributed by atoms with Crippen LogP contribution in [0.3, 0.4) is 0 Å². The molecule has 0 radical (unpaired) electrons. The van der Waals surface area contributed by atoms with E-state index in [4.69, 9.17) is 10.5 Å². The average molecular weight is 219 g/mol. The number of benzene rings is 1. The third kappa shape index (κ3) is 2.76. The predicted molar refractivity (Wildman–Crippen MR) is 66.8 cm³/mol. The van der Waals surface area contributed by atoms with Gasteiger partial charge in [-0.1, -0.05) is 24.1 Å². The number of hydrogen-bond donors (Lipinski definition) is 1. The van der Waals surface area contributed by atoms with Crippen LogP contribution < -0.4 is 10.5 Å². The van der Waals surface area contributed by atoms with Crippen LogP contribution in [0, 0.1) is 12.8 Å². The molecule has 0 spiro atoms. The molecule has 1 fully saturated rings. The molecule has 1 aromatic rings. The minimum Gasteiger partial charge on any atom is -0.493 e. The summed E-state index contributed by atoms with van der Waals surface area (Å²) in [5, 5.41) is 0. The van der Waals surface area contributed by atoms with Gasteiger partial charge in [0.25, 0.3) is 0 Å². The van der Waals surface area contributed by atoms with Crippen molar-refractivity contribution in [2.45, 2.75) is 32.6 Å². The third-order valence-electron chi connectivity index (χ3n) is 3.33. The van der Waals surface area contributed by atoms with Crippen LogP contribution in [0.4, 0.5) is 0 Å². The minimum atomic E-state index is 0.684. The third-order valence-corrected chi connectivity index (χ3v) is 3.33. The van der Waals surface area contributed by atoms with Gasteiger partial charge in [-0.05, 0) is 50.3 Å². The Morgan fingerprint density at radius 1 is 1.38 bits per heavy atom. The van der Waals surface area contributed by atoms with Crippen LogP contribution in [0.1, 0.15) is 30.4 Å². The summed E-state index contributed by atoms with van der Waals surface area (Å²) in [6, 6.07) is 6.37. The van der Waals surface area contributed by atoms with Gasteiger partial charge in [-0.3, -0.25) is 0 Å². The van der Waals surface area contributed by atoms with Gasteiger partial charge in [0, 0.05) is 0 Å². The minimum absolute atomic E-state index is 0.684. The Balaban J connectivity index is 1.99. The SMILES string of the molecule is Cc1ccc(OCC2CCC2)c(CCN)c1. The van der Waals surface area contributed by atoms with Gasteiger partial charge in [-0.2, -0.15) is 0 Å². The highest BCUT2D eigenvalue weighted by atomic mass is 16.5. The fraction of sp³-hybridized carbons (Fsp3) is 0.571. The van der Waals surface area contributed by atoms with Crippen molar-refractivity contribution in [1.29, 1.82) is 0 Å². The molecule has 16 heavy (non-hydrogen) atoms. The van der Waals surface area contributed by atoms with Gasteiger partial charge in [0.2, 0.25) is 0 Å². The second-order valence-corrected chi connectivity index (χ2v) is 4.76. The molecule has 0 saturated heterocycles. The van der Waals surface area contributed by atoms with Gasteiger partial charge in [0.15, 0.2) is 0 Å². The van der Waals surface area contributed by atoms with Crippen molar-refractivity contribution in [3.05, 3.63) is 29.3 Å². The van der Waals surface area contributed by atoms with E-state index in [9.17, 15) is 0 Å². The largest absolute Gasteiger partial charge is 0.493 e. The summed E-state index contributed by atoms with van der Waals surface area (Å²) in [7, 11) is 0. The molecule has 0 aliphatic heterocycles. The molecule has 0 amide bonds. The first-order valence-corrected chi connectivity index (χ1v) is 6.22. The van der Waals surface area contributed by atoms with E-state index >= 15 is 0 Å². The maximum absolute atomic E-state index is 5.89. The fourth-order valence-corrected chi connectivity index (χ4v) is 2.07. The number of hydrogen-bond acceptors (Lipinski definition) is 2. The van der Waals surface area contributed by atoms with Crippen molar-refractivity contribution in [3.8, 4) is 5.75 Å². The molecule has 0 aromatic heterocycles. The lowest BCUT2D eigenvalue weighted by molar-refractivity contribution is 0.179. The van der Waals surface area contributed by atoms with Gasteiger partial charge in [0.05, 0.1) is 6.61 Å². The van der Waals surface area contributed by atoms with Crippen LogP contribution in [0.2, 0.25) is 0 Å². The maximum atomic E-state index is 5.89. The second kappa shape index (κ2) is 5.35. The lowest BCUT2D eigenvalue weighted by Gasteiger charge is -2.25. The molecule has 0 heterocycles. The summed E-state index contributed by atoms with van der Waals surface area (Å²) < 4.78 is 5.89. The van der Waals surface area contributed by atoms with Crippen LogP contribution in [0.15, 0.2) is 18.2 Å². The van der Waals surface area contributed by atoms with Gasteiger partial charge in [-0.15, -0.1) is 0 Å². The van der Waals surface area contributed by atoms with Crippen molar-refractivity contribution < 1.29 is 4.74 Å². The first kappa shape index (κ1) is 11.5. The molecule has 2 heteroatoms. The van der Waals surface area contributed by atoms with E-state index < -0.39 is 0 Å². The molecule has 1 aliphatic rings. The summed E-state index contributed by atoms with van der Waals surface area (Å²) in [5.74, 6) is 1.81. The zero-order valence-corrected chi connectivity index (χ0v) is 10.0. The van der Waals surface area contributed by atoms with E-state index in [-0.39, 0.29) is 0 Å². The lowest BCUT2D eigenvalue weighted by atomic mass is 9.86. The van der Waals surface area contributed by atoms with E-state index in [2.05, 4.69) is 25.1 Å². The molecule has 1 aromatic carbocycles. The Morgan fingerprint density at radius 3 is 2.81 bits per heavy atom. The maximum Gasteiger partial charge on any atom is 0.122 e. The highest BCUT2D eigenvalue weighted by Gasteiger charge is 2.18. The number of aryl methyl sites for hydroxylation is 1. The fourth-order valence-electron chi connectivity index (χ4n) is 2.07. The van der Waals surface area contributed by atoms with Gasteiger partial charge >= 0.3 is 0 Å². The molecular formula is C14H21NO. The second-order valence-electron chi connectivity index (χ2n) is 4.76. The van der Waals surface area contributed by atoms with E-state index in [1.54, 1.807) is 0 Å². The van der Waals surface area contributed by atoms with E-state index in [1.807, 2.05) is 0 Å². The van der Waals surface area contributed by atoms with Gasteiger partial charge in [-0.25, -0.2) is 0 Å². The molecule has 0 unspecified atom stereocenters. The van der Waals surface area contributed by atoms with Crippen LogP contribution in [-0.2, 0) is 6.42 Å². The summed E-state index contributed by atoms with van der Waals surface area (Å²) in [6.45, 7) is 3.67. The topological polar surface area (TPSA) is 35.2 Å². The molecular weight excluding hydrogens is 198 g/mol. The van der Waals surface area contributed by atoms with Gasteiger partial charge in [0.1, 0.15) is 5.75 Å². The van der Waals surface area contributed by atoms with Crippen LogP contribution in [0.5, 0.6) is 5.75 Å². The summed E-state index contributed by atoms with van der Waals surface area (Å²) in [4.78, 5) is 0. The summed E-state index contributed by atoms with van der Waals surface area (Å²) in [6.07, 6.45) is 4.94.